The van der Waals surface area contributed by atoms with Crippen LogP contribution < -0.4 is 0 Å². The smallest absolute Gasteiger partial charge is 0.418 e. The summed E-state index contributed by atoms with van der Waals surface area (Å²) in [5.41, 5.74) is 1.94. The first-order valence-electron chi connectivity index (χ1n) is 7.38. The van der Waals surface area contributed by atoms with Crippen LogP contribution in [0.2, 0.25) is 0 Å². The Labute approximate surface area is 126 Å². The van der Waals surface area contributed by atoms with Crippen molar-refractivity contribution in [1.29, 1.82) is 0 Å². The molecule has 0 aliphatic carbocycles. The Morgan fingerprint density at radius 2 is 1.76 bits per heavy atom. The number of ether oxygens (including phenoxy) is 1. The number of carbonyl (C=O) groups excluding carboxylic acids is 1. The summed E-state index contributed by atoms with van der Waals surface area (Å²) in [6, 6.07) is 8.21. The molecule has 1 heterocycles. The van der Waals surface area contributed by atoms with E-state index in [0.29, 0.717) is 0 Å². The number of hydrogen-bond acceptors (Lipinski definition) is 2. The predicted molar refractivity (Wildman–Crippen MR) is 86.7 cm³/mol. The summed E-state index contributed by atoms with van der Waals surface area (Å²) in [4.78, 5) is 12.2. The van der Waals surface area contributed by atoms with Gasteiger partial charge in [-0.3, -0.25) is 4.57 Å². The molecule has 0 bridgehead atoms. The number of benzene rings is 1. The monoisotopic (exact) mass is 287 g/mol. The fraction of sp³-hybridized carbons (Fsp3) is 0.500. The van der Waals surface area contributed by atoms with Gasteiger partial charge in [0.05, 0.1) is 5.52 Å². The molecule has 2 rings (SSSR count). The van der Waals surface area contributed by atoms with Gasteiger partial charge in [-0.15, -0.1) is 0 Å². The molecule has 1 aromatic carbocycles. The van der Waals surface area contributed by atoms with Crippen molar-refractivity contribution in [3.8, 4) is 0 Å². The number of nitrogens with zero attached hydrogens (tertiary/aromatic N) is 1. The maximum atomic E-state index is 12.2. The molecule has 0 unspecified atom stereocenters. The fourth-order valence-electron chi connectivity index (χ4n) is 2.38. The first-order valence-corrected chi connectivity index (χ1v) is 7.38. The zero-order valence-electron chi connectivity index (χ0n) is 13.9. The van der Waals surface area contributed by atoms with Gasteiger partial charge in [0.25, 0.3) is 0 Å². The number of hydrogen-bond donors (Lipinski definition) is 0. The Bertz CT molecular complexity index is 654. The Balaban J connectivity index is 2.31. The summed E-state index contributed by atoms with van der Waals surface area (Å²) >= 11 is 0. The van der Waals surface area contributed by atoms with Crippen molar-refractivity contribution in [2.45, 2.75) is 53.6 Å². The number of carbonyl (C=O) groups is 1. The van der Waals surface area contributed by atoms with Crippen molar-refractivity contribution in [1.82, 2.24) is 4.57 Å². The van der Waals surface area contributed by atoms with Gasteiger partial charge in [0, 0.05) is 11.6 Å². The first kappa shape index (κ1) is 15.6. The van der Waals surface area contributed by atoms with E-state index in [1.807, 2.05) is 32.9 Å². The SMILES string of the molecule is CC(C)(C)Cc1ccc2c(ccn2C(=O)OC(C)(C)C)c1. The van der Waals surface area contributed by atoms with E-state index in [4.69, 9.17) is 4.74 Å². The van der Waals surface area contributed by atoms with E-state index in [1.54, 1.807) is 10.8 Å². The lowest BCUT2D eigenvalue weighted by Gasteiger charge is -2.20. The van der Waals surface area contributed by atoms with Gasteiger partial charge in [-0.1, -0.05) is 26.8 Å². The van der Waals surface area contributed by atoms with Gasteiger partial charge in [0.2, 0.25) is 0 Å². The van der Waals surface area contributed by atoms with E-state index in [-0.39, 0.29) is 11.5 Å². The van der Waals surface area contributed by atoms with Crippen LogP contribution in [0.25, 0.3) is 10.9 Å². The van der Waals surface area contributed by atoms with Gasteiger partial charge in [-0.2, -0.15) is 0 Å². The van der Waals surface area contributed by atoms with Gasteiger partial charge >= 0.3 is 6.09 Å². The second-order valence-corrected chi connectivity index (χ2v) is 7.80. The second-order valence-electron chi connectivity index (χ2n) is 7.80. The summed E-state index contributed by atoms with van der Waals surface area (Å²) in [5, 5.41) is 1.07. The Morgan fingerprint density at radius 1 is 1.10 bits per heavy atom. The van der Waals surface area contributed by atoms with Crippen LogP contribution in [0.5, 0.6) is 0 Å². The molecule has 0 radical (unpaired) electrons. The molecule has 0 atom stereocenters. The van der Waals surface area contributed by atoms with Crippen molar-refractivity contribution in [3.05, 3.63) is 36.0 Å². The molecule has 2 aromatic rings. The van der Waals surface area contributed by atoms with Crippen molar-refractivity contribution in [2.75, 3.05) is 0 Å². The van der Waals surface area contributed by atoms with Crippen molar-refractivity contribution < 1.29 is 9.53 Å². The lowest BCUT2D eigenvalue weighted by molar-refractivity contribution is 0.0544. The van der Waals surface area contributed by atoms with Crippen LogP contribution in [-0.2, 0) is 11.2 Å². The Hall–Kier alpha value is -1.77. The maximum absolute atomic E-state index is 12.2. The van der Waals surface area contributed by atoms with Crippen LogP contribution in [-0.4, -0.2) is 16.3 Å². The third-order valence-corrected chi connectivity index (χ3v) is 3.08. The lowest BCUT2D eigenvalue weighted by atomic mass is 9.88. The van der Waals surface area contributed by atoms with Gasteiger partial charge in [0.1, 0.15) is 5.60 Å². The van der Waals surface area contributed by atoms with Gasteiger partial charge in [-0.25, -0.2) is 4.79 Å². The summed E-state index contributed by atoms with van der Waals surface area (Å²) in [7, 11) is 0. The standard InChI is InChI=1S/C18H25NO2/c1-17(2,3)12-13-7-8-15-14(11-13)9-10-19(15)16(20)21-18(4,5)6/h7-11H,12H2,1-6H3. The minimum Gasteiger partial charge on any atom is -0.443 e. The lowest BCUT2D eigenvalue weighted by Crippen LogP contribution is -2.26. The van der Waals surface area contributed by atoms with Gasteiger partial charge in [-0.05, 0) is 56.4 Å². The molecule has 1 aromatic heterocycles. The Kier molecular flexibility index (Phi) is 3.87. The van der Waals surface area contributed by atoms with Crippen LogP contribution in [0, 0.1) is 5.41 Å². The molecule has 3 nitrogen and oxygen atoms in total. The molecule has 0 saturated carbocycles. The van der Waals surface area contributed by atoms with Crippen LogP contribution in [0.3, 0.4) is 0 Å². The second kappa shape index (κ2) is 5.21. The minimum atomic E-state index is -0.486. The van der Waals surface area contributed by atoms with E-state index in [9.17, 15) is 4.79 Å². The van der Waals surface area contributed by atoms with Crippen molar-refractivity contribution in [3.63, 3.8) is 0 Å². The number of fused-ring (bicyclic) bond motifs is 1. The highest BCUT2D eigenvalue weighted by atomic mass is 16.6. The predicted octanol–water partition coefficient (Wildman–Crippen LogP) is 5.01. The summed E-state index contributed by atoms with van der Waals surface area (Å²) in [6.45, 7) is 12.3. The molecular weight excluding hydrogens is 262 g/mol. The van der Waals surface area contributed by atoms with E-state index < -0.39 is 5.60 Å². The largest absolute Gasteiger partial charge is 0.443 e. The van der Waals surface area contributed by atoms with E-state index in [2.05, 4.69) is 32.9 Å². The van der Waals surface area contributed by atoms with E-state index in [1.165, 1.54) is 5.56 Å². The zero-order valence-corrected chi connectivity index (χ0v) is 13.9. The number of aromatic nitrogens is 1. The Morgan fingerprint density at radius 3 is 2.33 bits per heavy atom. The highest BCUT2D eigenvalue weighted by Crippen LogP contribution is 2.25. The summed E-state index contributed by atoms with van der Waals surface area (Å²) in [5.74, 6) is 0. The molecule has 21 heavy (non-hydrogen) atoms. The zero-order chi connectivity index (χ0) is 15.8. The quantitative estimate of drug-likeness (QED) is 0.738. The number of rotatable bonds is 1. The molecular formula is C18H25NO2. The van der Waals surface area contributed by atoms with E-state index in [0.717, 1.165) is 17.3 Å². The van der Waals surface area contributed by atoms with Crippen LogP contribution in [0.4, 0.5) is 4.79 Å². The van der Waals surface area contributed by atoms with E-state index >= 15 is 0 Å². The molecule has 0 amide bonds. The van der Waals surface area contributed by atoms with Gasteiger partial charge < -0.3 is 4.74 Å². The van der Waals surface area contributed by atoms with Gasteiger partial charge in [0.15, 0.2) is 0 Å². The summed E-state index contributed by atoms with van der Waals surface area (Å²) < 4.78 is 7.00. The first-order chi connectivity index (χ1) is 9.55. The highest BCUT2D eigenvalue weighted by Gasteiger charge is 2.19. The van der Waals surface area contributed by atoms with Crippen LogP contribution in [0.15, 0.2) is 30.5 Å². The third kappa shape index (κ3) is 4.10. The molecule has 3 heteroatoms. The average Bonchev–Trinajstić information content (AvgIpc) is 2.67. The van der Waals surface area contributed by atoms with Crippen LogP contribution in [0.1, 0.15) is 47.1 Å². The molecule has 0 aliphatic heterocycles. The third-order valence-electron chi connectivity index (χ3n) is 3.08. The normalized spacial score (nSPS) is 12.7. The molecule has 0 N–H and O–H groups in total. The maximum Gasteiger partial charge on any atom is 0.418 e. The fourth-order valence-corrected chi connectivity index (χ4v) is 2.38. The minimum absolute atomic E-state index is 0.251. The molecule has 0 aliphatic rings. The average molecular weight is 287 g/mol. The molecule has 0 spiro atoms. The summed E-state index contributed by atoms with van der Waals surface area (Å²) in [6.07, 6.45) is 2.46. The van der Waals surface area contributed by atoms with Crippen LogP contribution >= 0.6 is 0 Å². The van der Waals surface area contributed by atoms with Crippen molar-refractivity contribution >= 4 is 17.0 Å². The highest BCUT2D eigenvalue weighted by molar-refractivity contribution is 5.89. The molecule has 0 fully saturated rings. The molecule has 0 saturated heterocycles. The molecule has 114 valence electrons. The van der Waals surface area contributed by atoms with Crippen molar-refractivity contribution in [2.24, 2.45) is 5.41 Å². The topological polar surface area (TPSA) is 31.2 Å².